The molecule has 84 valence electrons. The van der Waals surface area contributed by atoms with Crippen molar-refractivity contribution in [3.8, 4) is 0 Å². The molecule has 0 radical (unpaired) electrons. The quantitative estimate of drug-likeness (QED) is 0.831. The van der Waals surface area contributed by atoms with Crippen LogP contribution in [0.2, 0.25) is 0 Å². The van der Waals surface area contributed by atoms with Gasteiger partial charge in [-0.25, -0.2) is 9.61 Å². The van der Waals surface area contributed by atoms with Crippen molar-refractivity contribution in [2.24, 2.45) is 0 Å². The molecule has 2 N–H and O–H groups in total. The number of nitrogens with two attached hydrogens (primary N) is 1. The number of rotatable bonds is 3. The molecule has 0 saturated carbocycles. The van der Waals surface area contributed by atoms with E-state index in [2.05, 4.69) is 19.9 Å². The van der Waals surface area contributed by atoms with Gasteiger partial charge in [0.25, 0.3) is 5.91 Å². The molecule has 0 aliphatic heterocycles. The van der Waals surface area contributed by atoms with Crippen molar-refractivity contribution in [2.45, 2.75) is 6.54 Å². The first-order valence-corrected chi connectivity index (χ1v) is 5.33. The summed E-state index contributed by atoms with van der Waals surface area (Å²) in [5.74, 6) is -0.345. The first-order chi connectivity index (χ1) is 7.68. The highest BCUT2D eigenvalue weighted by Crippen LogP contribution is 2.10. The fourth-order valence-electron chi connectivity index (χ4n) is 1.16. The molecule has 2 heterocycles. The number of thiazole rings is 1. The number of hydrogen-bond donors (Lipinski definition) is 1. The molecule has 2 aromatic heterocycles. The Morgan fingerprint density at radius 1 is 1.62 bits per heavy atom. The second-order valence-electron chi connectivity index (χ2n) is 3.14. The maximum atomic E-state index is 11.8. The molecule has 16 heavy (non-hydrogen) atoms. The van der Waals surface area contributed by atoms with Crippen LogP contribution in [0.25, 0.3) is 0 Å². The Morgan fingerprint density at radius 2 is 2.44 bits per heavy atom. The predicted molar refractivity (Wildman–Crippen MR) is 56.6 cm³/mol. The minimum Gasteiger partial charge on any atom is -0.379 e. The number of anilines is 1. The smallest absolute Gasteiger partial charge is 0.280 e. The summed E-state index contributed by atoms with van der Waals surface area (Å²) in [6.45, 7) is 0.397. The molecular weight excluding hydrogens is 230 g/mol. The lowest BCUT2D eigenvalue weighted by Gasteiger charge is -2.13. The van der Waals surface area contributed by atoms with Gasteiger partial charge in [-0.1, -0.05) is 0 Å². The zero-order valence-corrected chi connectivity index (χ0v) is 9.27. The molecule has 0 atom stereocenters. The number of hydrogen-bond acceptors (Lipinski definition) is 7. The van der Waals surface area contributed by atoms with Crippen LogP contribution in [0, 0.1) is 0 Å². The Balaban J connectivity index is 2.08. The summed E-state index contributed by atoms with van der Waals surface area (Å²) >= 11 is 1.47. The average molecular weight is 239 g/mol. The third-order valence-corrected chi connectivity index (χ3v) is 2.58. The fourth-order valence-corrected chi connectivity index (χ4v) is 1.70. The number of nitrogen functional groups attached to an aromatic ring is 1. The van der Waals surface area contributed by atoms with E-state index in [1.807, 2.05) is 5.38 Å². The van der Waals surface area contributed by atoms with Crippen LogP contribution in [0.1, 0.15) is 16.2 Å². The van der Waals surface area contributed by atoms with Gasteiger partial charge in [0.2, 0.25) is 11.5 Å². The lowest BCUT2D eigenvalue weighted by Crippen LogP contribution is -2.27. The lowest BCUT2D eigenvalue weighted by atomic mass is 10.3. The van der Waals surface area contributed by atoms with Crippen molar-refractivity contribution in [1.82, 2.24) is 20.2 Å². The van der Waals surface area contributed by atoms with Gasteiger partial charge in [0.1, 0.15) is 0 Å². The van der Waals surface area contributed by atoms with E-state index in [0.29, 0.717) is 6.54 Å². The van der Waals surface area contributed by atoms with Crippen LogP contribution in [0.5, 0.6) is 0 Å². The minimum atomic E-state index is -0.341. The van der Waals surface area contributed by atoms with E-state index in [4.69, 9.17) is 5.73 Å². The third-order valence-electron chi connectivity index (χ3n) is 1.95. The predicted octanol–water partition coefficient (Wildman–Crippen LogP) is 0.381. The van der Waals surface area contributed by atoms with Gasteiger partial charge >= 0.3 is 0 Å². The molecule has 2 rings (SSSR count). The highest BCUT2D eigenvalue weighted by molar-refractivity contribution is 7.07. The number of carbonyl (C=O) groups is 1. The summed E-state index contributed by atoms with van der Waals surface area (Å²) in [4.78, 5) is 17.3. The molecule has 0 unspecified atom stereocenters. The summed E-state index contributed by atoms with van der Waals surface area (Å²) in [5, 5.41) is 8.66. The van der Waals surface area contributed by atoms with Gasteiger partial charge in [0.15, 0.2) is 0 Å². The summed E-state index contributed by atoms with van der Waals surface area (Å²) in [6, 6.07) is 0. The van der Waals surface area contributed by atoms with Gasteiger partial charge in [0.05, 0.1) is 17.7 Å². The van der Waals surface area contributed by atoms with Crippen LogP contribution in [0.3, 0.4) is 0 Å². The van der Waals surface area contributed by atoms with Gasteiger partial charge in [-0.15, -0.1) is 11.3 Å². The van der Waals surface area contributed by atoms with Crippen molar-refractivity contribution >= 4 is 23.1 Å². The molecule has 0 aliphatic rings. The van der Waals surface area contributed by atoms with Gasteiger partial charge < -0.3 is 10.6 Å². The molecule has 2 aromatic rings. The SMILES string of the molecule is CN(Cc1cscn1)C(=O)c1nonc1N. The number of aromatic nitrogens is 3. The highest BCUT2D eigenvalue weighted by Gasteiger charge is 2.20. The number of amides is 1. The van der Waals surface area contributed by atoms with Gasteiger partial charge in [-0.3, -0.25) is 4.79 Å². The van der Waals surface area contributed by atoms with Gasteiger partial charge in [0, 0.05) is 12.4 Å². The maximum Gasteiger partial charge on any atom is 0.280 e. The summed E-state index contributed by atoms with van der Waals surface area (Å²) < 4.78 is 4.37. The summed E-state index contributed by atoms with van der Waals surface area (Å²) in [6.07, 6.45) is 0. The molecule has 0 fully saturated rings. The topological polar surface area (TPSA) is 98.1 Å². The maximum absolute atomic E-state index is 11.8. The largest absolute Gasteiger partial charge is 0.379 e. The van der Waals surface area contributed by atoms with Crippen molar-refractivity contribution in [2.75, 3.05) is 12.8 Å². The first-order valence-electron chi connectivity index (χ1n) is 4.39. The Hall–Kier alpha value is -1.96. The third kappa shape index (κ3) is 2.01. The lowest BCUT2D eigenvalue weighted by molar-refractivity contribution is 0.0773. The van der Waals surface area contributed by atoms with E-state index in [1.54, 1.807) is 12.6 Å². The fraction of sp³-hybridized carbons (Fsp3) is 0.250. The van der Waals surface area contributed by atoms with Crippen LogP contribution >= 0.6 is 11.3 Å². The molecule has 8 heteroatoms. The second-order valence-corrected chi connectivity index (χ2v) is 3.86. The summed E-state index contributed by atoms with van der Waals surface area (Å²) in [7, 11) is 1.63. The molecule has 7 nitrogen and oxygen atoms in total. The Morgan fingerprint density at radius 3 is 3.00 bits per heavy atom. The average Bonchev–Trinajstić information content (AvgIpc) is 2.88. The van der Waals surface area contributed by atoms with Crippen LogP contribution < -0.4 is 5.73 Å². The van der Waals surface area contributed by atoms with E-state index in [0.717, 1.165) is 5.69 Å². The van der Waals surface area contributed by atoms with Crippen LogP contribution in [-0.2, 0) is 6.54 Å². The van der Waals surface area contributed by atoms with E-state index < -0.39 is 0 Å². The molecule has 1 amide bonds. The monoisotopic (exact) mass is 239 g/mol. The van der Waals surface area contributed by atoms with Crippen LogP contribution in [-0.4, -0.2) is 33.2 Å². The zero-order valence-electron chi connectivity index (χ0n) is 8.45. The summed E-state index contributed by atoms with van der Waals surface area (Å²) in [5.41, 5.74) is 7.97. The molecule has 0 aromatic carbocycles. The van der Waals surface area contributed by atoms with Crippen molar-refractivity contribution < 1.29 is 9.42 Å². The minimum absolute atomic E-state index is 0.00451. The molecule has 0 saturated heterocycles. The normalized spacial score (nSPS) is 10.3. The van der Waals surface area contributed by atoms with E-state index in [-0.39, 0.29) is 17.4 Å². The van der Waals surface area contributed by atoms with Crippen molar-refractivity contribution in [3.05, 3.63) is 22.3 Å². The number of nitrogens with zero attached hydrogens (tertiary/aromatic N) is 4. The second kappa shape index (κ2) is 4.27. The standard InChI is InChI=1S/C8H9N5O2S/c1-13(2-5-3-16-4-10-5)8(14)6-7(9)12-15-11-6/h3-4H,2H2,1H3,(H2,9,12). The Kier molecular flexibility index (Phi) is 2.82. The molecule has 0 aliphatic carbocycles. The van der Waals surface area contributed by atoms with Gasteiger partial charge in [-0.05, 0) is 10.3 Å². The van der Waals surface area contributed by atoms with E-state index >= 15 is 0 Å². The highest BCUT2D eigenvalue weighted by atomic mass is 32.1. The molecule has 0 spiro atoms. The zero-order chi connectivity index (χ0) is 11.5. The Bertz CT molecular complexity index is 480. The molecular formula is C8H9N5O2S. The van der Waals surface area contributed by atoms with E-state index in [1.165, 1.54) is 16.2 Å². The van der Waals surface area contributed by atoms with E-state index in [9.17, 15) is 4.79 Å². The first kappa shape index (κ1) is 10.6. The Labute approximate surface area is 94.8 Å². The van der Waals surface area contributed by atoms with Crippen LogP contribution in [0.15, 0.2) is 15.5 Å². The van der Waals surface area contributed by atoms with Crippen LogP contribution in [0.4, 0.5) is 5.82 Å². The van der Waals surface area contributed by atoms with Crippen molar-refractivity contribution in [1.29, 1.82) is 0 Å². The van der Waals surface area contributed by atoms with Crippen molar-refractivity contribution in [3.63, 3.8) is 0 Å². The molecule has 0 bridgehead atoms. The number of carbonyl (C=O) groups excluding carboxylic acids is 1. The van der Waals surface area contributed by atoms with Gasteiger partial charge in [-0.2, -0.15) is 0 Å².